The van der Waals surface area contributed by atoms with Crippen LogP contribution in [-0.2, 0) is 11.2 Å². The quantitative estimate of drug-likeness (QED) is 0.937. The highest BCUT2D eigenvalue weighted by atomic mass is 35.5. The molecule has 5 heteroatoms. The summed E-state index contributed by atoms with van der Waals surface area (Å²) in [6, 6.07) is 16.9. The molecule has 0 bridgehead atoms. The number of para-hydroxylation sites is 1. The number of amidine groups is 1. The van der Waals surface area contributed by atoms with E-state index in [-0.39, 0.29) is 18.0 Å². The summed E-state index contributed by atoms with van der Waals surface area (Å²) in [4.78, 5) is 12.5. The molecule has 0 fully saturated rings. The lowest BCUT2D eigenvalue weighted by atomic mass is 9.96. The number of halogens is 1. The van der Waals surface area contributed by atoms with Gasteiger partial charge < -0.3 is 5.73 Å². The third kappa shape index (κ3) is 3.43. The van der Waals surface area contributed by atoms with Crippen molar-refractivity contribution in [2.24, 2.45) is 16.8 Å². The maximum absolute atomic E-state index is 12.5. The summed E-state index contributed by atoms with van der Waals surface area (Å²) in [5.41, 5.74) is 7.69. The average Bonchev–Trinajstić information content (AvgIpc) is 2.57. The fourth-order valence-corrected chi connectivity index (χ4v) is 2.62. The smallest absolute Gasteiger partial charge is 0.151 e. The van der Waals surface area contributed by atoms with Crippen LogP contribution in [0.4, 0.5) is 5.69 Å². The summed E-state index contributed by atoms with van der Waals surface area (Å²) in [6.07, 6.45) is 3.77. The van der Waals surface area contributed by atoms with Crippen LogP contribution in [0.1, 0.15) is 5.56 Å². The first-order chi connectivity index (χ1) is 11.1. The molecule has 0 saturated heterocycles. The molecule has 2 aromatic rings. The van der Waals surface area contributed by atoms with Crippen LogP contribution >= 0.6 is 11.6 Å². The minimum Gasteiger partial charge on any atom is -0.385 e. The second kappa shape index (κ2) is 6.67. The number of Topliss-reactive ketones (excluding diaryl/α,β-unsaturated/α-hetero) is 1. The van der Waals surface area contributed by atoms with Gasteiger partial charge in [0, 0.05) is 17.6 Å². The van der Waals surface area contributed by atoms with Gasteiger partial charge in [0.1, 0.15) is 5.84 Å². The Bertz CT molecular complexity index is 771. The van der Waals surface area contributed by atoms with E-state index in [1.807, 2.05) is 48.5 Å². The molecule has 1 heterocycles. The summed E-state index contributed by atoms with van der Waals surface area (Å²) < 4.78 is 0. The van der Waals surface area contributed by atoms with Gasteiger partial charge in [-0.2, -0.15) is 5.10 Å². The molecule has 1 aliphatic rings. The van der Waals surface area contributed by atoms with Gasteiger partial charge in [0.25, 0.3) is 0 Å². The summed E-state index contributed by atoms with van der Waals surface area (Å²) in [5.74, 6) is -0.261. The van der Waals surface area contributed by atoms with E-state index >= 15 is 0 Å². The van der Waals surface area contributed by atoms with Crippen molar-refractivity contribution in [3.63, 3.8) is 0 Å². The van der Waals surface area contributed by atoms with Crippen molar-refractivity contribution < 1.29 is 4.79 Å². The van der Waals surface area contributed by atoms with Gasteiger partial charge in [0.15, 0.2) is 5.78 Å². The molecule has 1 atom stereocenters. The highest BCUT2D eigenvalue weighted by Crippen LogP contribution is 2.22. The first-order valence-electron chi connectivity index (χ1n) is 7.28. The highest BCUT2D eigenvalue weighted by Gasteiger charge is 2.24. The van der Waals surface area contributed by atoms with Crippen LogP contribution in [0.25, 0.3) is 0 Å². The summed E-state index contributed by atoms with van der Waals surface area (Å²) in [6.45, 7) is 0. The maximum atomic E-state index is 12.5. The van der Waals surface area contributed by atoms with Crippen molar-refractivity contribution in [3.05, 3.63) is 77.5 Å². The van der Waals surface area contributed by atoms with E-state index in [0.29, 0.717) is 5.02 Å². The van der Waals surface area contributed by atoms with E-state index in [4.69, 9.17) is 17.3 Å². The minimum atomic E-state index is -0.522. The maximum Gasteiger partial charge on any atom is 0.151 e. The van der Waals surface area contributed by atoms with E-state index in [1.165, 1.54) is 0 Å². The Labute approximate surface area is 139 Å². The molecule has 4 nitrogen and oxygen atoms in total. The van der Waals surface area contributed by atoms with Gasteiger partial charge in [-0.1, -0.05) is 48.0 Å². The molecular formula is C18H16ClN3O. The number of ketones is 1. The Kier molecular flexibility index (Phi) is 4.44. The van der Waals surface area contributed by atoms with Crippen LogP contribution in [0.15, 0.2) is 72.0 Å². The van der Waals surface area contributed by atoms with Gasteiger partial charge >= 0.3 is 0 Å². The number of carbonyl (C=O) groups excluding carboxylic acids is 1. The number of hydrogen-bond acceptors (Lipinski definition) is 4. The molecule has 2 aromatic carbocycles. The van der Waals surface area contributed by atoms with Gasteiger partial charge in [-0.3, -0.25) is 4.79 Å². The largest absolute Gasteiger partial charge is 0.385 e. The third-order valence-electron chi connectivity index (χ3n) is 3.65. The van der Waals surface area contributed by atoms with E-state index < -0.39 is 5.92 Å². The fraction of sp³-hybridized carbons (Fsp3) is 0.111. The van der Waals surface area contributed by atoms with Crippen molar-refractivity contribution in [2.75, 3.05) is 5.01 Å². The van der Waals surface area contributed by atoms with E-state index in [2.05, 4.69) is 5.10 Å². The molecular weight excluding hydrogens is 310 g/mol. The van der Waals surface area contributed by atoms with Crippen LogP contribution in [0.5, 0.6) is 0 Å². The van der Waals surface area contributed by atoms with Gasteiger partial charge in [0.2, 0.25) is 0 Å². The van der Waals surface area contributed by atoms with Gasteiger partial charge in [-0.05, 0) is 29.8 Å². The monoisotopic (exact) mass is 325 g/mol. The van der Waals surface area contributed by atoms with Crippen molar-refractivity contribution in [2.45, 2.75) is 6.42 Å². The SMILES string of the molecule is NC1=NN(c2ccccc2)C=CC1C(=O)Cc1ccccc1Cl. The predicted molar refractivity (Wildman–Crippen MR) is 93.3 cm³/mol. The zero-order valence-corrected chi connectivity index (χ0v) is 13.1. The molecule has 1 unspecified atom stereocenters. The second-order valence-electron chi connectivity index (χ2n) is 5.26. The van der Waals surface area contributed by atoms with Gasteiger partial charge in [-0.25, -0.2) is 5.01 Å². The Morgan fingerprint density at radius 1 is 1.13 bits per heavy atom. The van der Waals surface area contributed by atoms with E-state index in [0.717, 1.165) is 11.3 Å². The molecule has 0 saturated carbocycles. The molecule has 0 aliphatic carbocycles. The lowest BCUT2D eigenvalue weighted by Gasteiger charge is -2.23. The van der Waals surface area contributed by atoms with E-state index in [1.54, 1.807) is 23.4 Å². The zero-order chi connectivity index (χ0) is 16.2. The Morgan fingerprint density at radius 3 is 2.52 bits per heavy atom. The highest BCUT2D eigenvalue weighted by molar-refractivity contribution is 6.31. The van der Waals surface area contributed by atoms with Crippen molar-refractivity contribution in [3.8, 4) is 0 Å². The molecule has 3 rings (SSSR count). The molecule has 2 N–H and O–H groups in total. The van der Waals surface area contributed by atoms with Gasteiger partial charge in [-0.15, -0.1) is 0 Å². The number of nitrogens with zero attached hydrogens (tertiary/aromatic N) is 2. The molecule has 0 amide bonds. The van der Waals surface area contributed by atoms with Crippen LogP contribution in [0.3, 0.4) is 0 Å². The topological polar surface area (TPSA) is 58.7 Å². The van der Waals surface area contributed by atoms with Crippen LogP contribution in [0, 0.1) is 5.92 Å². The Hall–Kier alpha value is -2.59. The lowest BCUT2D eigenvalue weighted by Crippen LogP contribution is -2.35. The number of nitrogens with two attached hydrogens (primary N) is 1. The third-order valence-corrected chi connectivity index (χ3v) is 4.02. The minimum absolute atomic E-state index is 0.0247. The van der Waals surface area contributed by atoms with E-state index in [9.17, 15) is 4.79 Å². The molecule has 0 aromatic heterocycles. The molecule has 23 heavy (non-hydrogen) atoms. The van der Waals surface area contributed by atoms with Crippen LogP contribution in [-0.4, -0.2) is 11.6 Å². The summed E-state index contributed by atoms with van der Waals surface area (Å²) in [7, 11) is 0. The normalized spacial score (nSPS) is 17.0. The first-order valence-corrected chi connectivity index (χ1v) is 7.65. The fourth-order valence-electron chi connectivity index (χ4n) is 2.42. The van der Waals surface area contributed by atoms with Crippen molar-refractivity contribution in [1.82, 2.24) is 0 Å². The first kappa shape index (κ1) is 15.3. The predicted octanol–water partition coefficient (Wildman–Crippen LogP) is 3.37. The molecule has 0 radical (unpaired) electrons. The van der Waals surface area contributed by atoms with Gasteiger partial charge in [0.05, 0.1) is 11.6 Å². The lowest BCUT2D eigenvalue weighted by molar-refractivity contribution is -0.119. The van der Waals surface area contributed by atoms with Crippen LogP contribution in [0.2, 0.25) is 5.02 Å². The second-order valence-corrected chi connectivity index (χ2v) is 5.67. The van der Waals surface area contributed by atoms with Crippen molar-refractivity contribution >= 4 is 28.9 Å². The Balaban J connectivity index is 1.74. The standard InChI is InChI=1S/C18H16ClN3O/c19-16-9-5-4-6-13(16)12-17(23)15-10-11-22(21-18(15)20)14-7-2-1-3-8-14/h1-11,15H,12H2,(H2,20,21). The number of benzene rings is 2. The summed E-state index contributed by atoms with van der Waals surface area (Å²) >= 11 is 6.11. The summed E-state index contributed by atoms with van der Waals surface area (Å²) in [5, 5.41) is 6.55. The molecule has 0 spiro atoms. The van der Waals surface area contributed by atoms with Crippen molar-refractivity contribution in [1.29, 1.82) is 0 Å². The number of anilines is 1. The number of hydrogen-bond donors (Lipinski definition) is 1. The molecule has 1 aliphatic heterocycles. The van der Waals surface area contributed by atoms with Crippen LogP contribution < -0.4 is 10.7 Å². The molecule has 116 valence electrons. The number of hydrazone groups is 1. The Morgan fingerprint density at radius 2 is 1.83 bits per heavy atom. The zero-order valence-electron chi connectivity index (χ0n) is 12.4. The number of carbonyl (C=O) groups is 1. The average molecular weight is 326 g/mol. The number of rotatable bonds is 4.